The van der Waals surface area contributed by atoms with Gasteiger partial charge in [0.05, 0.1) is 6.04 Å². The number of aromatic nitrogens is 1. The van der Waals surface area contributed by atoms with Gasteiger partial charge in [0.25, 0.3) is 0 Å². The summed E-state index contributed by atoms with van der Waals surface area (Å²) in [6, 6.07) is 25.4. The Kier molecular flexibility index (Phi) is 9.41. The smallest absolute Gasteiger partial charge is 0.220 e. The normalized spacial score (nSPS) is 14.8. The van der Waals surface area contributed by atoms with Crippen molar-refractivity contribution in [1.82, 2.24) is 15.2 Å². The number of carbonyl (C=O) groups is 1. The van der Waals surface area contributed by atoms with Crippen LogP contribution in [0.5, 0.6) is 0 Å². The lowest BCUT2D eigenvalue weighted by atomic mass is 9.88. The van der Waals surface area contributed by atoms with E-state index in [-0.39, 0.29) is 5.91 Å². The van der Waals surface area contributed by atoms with Crippen molar-refractivity contribution in [2.24, 2.45) is 5.92 Å². The van der Waals surface area contributed by atoms with E-state index in [4.69, 9.17) is 0 Å². The van der Waals surface area contributed by atoms with Crippen molar-refractivity contribution in [3.63, 3.8) is 0 Å². The molecule has 2 aromatic carbocycles. The summed E-state index contributed by atoms with van der Waals surface area (Å²) in [5.74, 6) is 0.252. The van der Waals surface area contributed by atoms with Crippen LogP contribution < -0.4 is 5.32 Å². The van der Waals surface area contributed by atoms with E-state index < -0.39 is 5.95 Å². The minimum atomic E-state index is -0.481. The van der Waals surface area contributed by atoms with Crippen molar-refractivity contribution >= 4 is 5.91 Å². The molecule has 1 amide bonds. The largest absolute Gasteiger partial charge is 0.356 e. The second kappa shape index (κ2) is 13.1. The summed E-state index contributed by atoms with van der Waals surface area (Å²) in [4.78, 5) is 18.3. The molecule has 1 aliphatic rings. The Balaban J connectivity index is 1.16. The third-order valence-corrected chi connectivity index (χ3v) is 7.06. The van der Waals surface area contributed by atoms with Crippen molar-refractivity contribution < 1.29 is 9.18 Å². The maximum Gasteiger partial charge on any atom is 0.220 e. The van der Waals surface area contributed by atoms with Crippen LogP contribution in [-0.4, -0.2) is 35.4 Å². The number of unbranched alkanes of at least 4 members (excludes halogenated alkanes) is 1. The molecule has 1 saturated heterocycles. The number of rotatable bonds is 11. The number of hydrogen-bond acceptors (Lipinski definition) is 3. The number of aryl methyl sites for hydroxylation is 1. The van der Waals surface area contributed by atoms with E-state index in [0.29, 0.717) is 31.0 Å². The van der Waals surface area contributed by atoms with E-state index in [2.05, 4.69) is 75.9 Å². The molecule has 1 aliphatic heterocycles. The first kappa shape index (κ1) is 25.1. The van der Waals surface area contributed by atoms with Crippen molar-refractivity contribution in [1.29, 1.82) is 0 Å². The van der Waals surface area contributed by atoms with Gasteiger partial charge >= 0.3 is 0 Å². The highest BCUT2D eigenvalue weighted by Gasteiger charge is 2.27. The Morgan fingerprint density at radius 2 is 1.60 bits per heavy atom. The third-order valence-electron chi connectivity index (χ3n) is 7.06. The molecule has 4 rings (SSSR count). The molecule has 0 atom stereocenters. The molecule has 0 unspecified atom stereocenters. The molecule has 1 N–H and O–H groups in total. The molecule has 0 bridgehead atoms. The van der Waals surface area contributed by atoms with E-state index in [1.54, 1.807) is 12.1 Å². The third kappa shape index (κ3) is 7.46. The van der Waals surface area contributed by atoms with Crippen LogP contribution in [0.15, 0.2) is 79.0 Å². The molecule has 3 aromatic rings. The first-order valence-corrected chi connectivity index (χ1v) is 12.9. The molecule has 0 radical (unpaired) electrons. The van der Waals surface area contributed by atoms with Crippen molar-refractivity contribution in [2.75, 3.05) is 19.6 Å². The SMILES string of the molecule is O=C(CCc1cccnc1F)NCCCCC1CCN(C(c2ccccc2)c2ccccc2)CC1. The fourth-order valence-corrected chi connectivity index (χ4v) is 5.11. The van der Waals surface area contributed by atoms with Gasteiger partial charge in [-0.05, 0) is 61.9 Å². The molecule has 5 heteroatoms. The average molecular weight is 474 g/mol. The molecule has 1 aromatic heterocycles. The summed E-state index contributed by atoms with van der Waals surface area (Å²) in [5, 5.41) is 2.98. The fraction of sp³-hybridized carbons (Fsp3) is 0.400. The van der Waals surface area contributed by atoms with Gasteiger partial charge in [-0.2, -0.15) is 4.39 Å². The van der Waals surface area contributed by atoms with Gasteiger partial charge in [0.15, 0.2) is 0 Å². The zero-order chi connectivity index (χ0) is 24.3. The number of carbonyl (C=O) groups excluding carboxylic acids is 1. The number of hydrogen-bond donors (Lipinski definition) is 1. The van der Waals surface area contributed by atoms with E-state index in [1.165, 1.54) is 36.6 Å². The highest BCUT2D eigenvalue weighted by molar-refractivity contribution is 5.76. The number of benzene rings is 2. The number of pyridine rings is 1. The predicted molar refractivity (Wildman–Crippen MR) is 138 cm³/mol. The van der Waals surface area contributed by atoms with Crippen LogP contribution in [0.3, 0.4) is 0 Å². The average Bonchev–Trinajstić information content (AvgIpc) is 2.90. The number of halogens is 1. The lowest BCUT2D eigenvalue weighted by Gasteiger charge is -2.38. The van der Waals surface area contributed by atoms with E-state index >= 15 is 0 Å². The summed E-state index contributed by atoms with van der Waals surface area (Å²) >= 11 is 0. The number of likely N-dealkylation sites (tertiary alicyclic amines) is 1. The van der Waals surface area contributed by atoms with Crippen LogP contribution in [0, 0.1) is 11.9 Å². The van der Waals surface area contributed by atoms with Crippen LogP contribution in [-0.2, 0) is 11.2 Å². The topological polar surface area (TPSA) is 45.2 Å². The molecule has 0 saturated carbocycles. The molecule has 0 spiro atoms. The number of piperidine rings is 1. The monoisotopic (exact) mass is 473 g/mol. The van der Waals surface area contributed by atoms with Gasteiger partial charge in [0, 0.05) is 24.7 Å². The lowest BCUT2D eigenvalue weighted by molar-refractivity contribution is -0.121. The Morgan fingerprint density at radius 3 is 2.23 bits per heavy atom. The van der Waals surface area contributed by atoms with Crippen LogP contribution in [0.4, 0.5) is 4.39 Å². The Morgan fingerprint density at radius 1 is 0.943 bits per heavy atom. The molecule has 184 valence electrons. The number of nitrogens with one attached hydrogen (secondary N) is 1. The van der Waals surface area contributed by atoms with Crippen LogP contribution in [0.2, 0.25) is 0 Å². The number of amides is 1. The minimum absolute atomic E-state index is 0.0190. The maximum absolute atomic E-state index is 13.6. The molecule has 2 heterocycles. The highest BCUT2D eigenvalue weighted by atomic mass is 19.1. The van der Waals surface area contributed by atoms with Gasteiger partial charge in [-0.1, -0.05) is 79.6 Å². The summed E-state index contributed by atoms with van der Waals surface area (Å²) in [7, 11) is 0. The summed E-state index contributed by atoms with van der Waals surface area (Å²) < 4.78 is 13.6. The Labute approximate surface area is 208 Å². The van der Waals surface area contributed by atoms with Crippen molar-refractivity contribution in [2.45, 2.75) is 51.0 Å². The van der Waals surface area contributed by atoms with Crippen LogP contribution in [0.25, 0.3) is 0 Å². The first-order valence-electron chi connectivity index (χ1n) is 12.9. The molecular weight excluding hydrogens is 437 g/mol. The molecular formula is C30H36FN3O. The molecule has 1 fully saturated rings. The fourth-order valence-electron chi connectivity index (χ4n) is 5.11. The maximum atomic E-state index is 13.6. The summed E-state index contributed by atoms with van der Waals surface area (Å²) in [6.07, 6.45) is 7.88. The van der Waals surface area contributed by atoms with Gasteiger partial charge in [-0.15, -0.1) is 0 Å². The first-order chi connectivity index (χ1) is 17.2. The summed E-state index contributed by atoms with van der Waals surface area (Å²) in [5.41, 5.74) is 3.22. The van der Waals surface area contributed by atoms with E-state index in [0.717, 1.165) is 31.8 Å². The summed E-state index contributed by atoms with van der Waals surface area (Å²) in [6.45, 7) is 2.92. The zero-order valence-corrected chi connectivity index (χ0v) is 20.4. The highest BCUT2D eigenvalue weighted by Crippen LogP contribution is 2.33. The Bertz CT molecular complexity index is 996. The minimum Gasteiger partial charge on any atom is -0.356 e. The zero-order valence-electron chi connectivity index (χ0n) is 20.4. The van der Waals surface area contributed by atoms with Gasteiger partial charge in [-0.25, -0.2) is 4.98 Å². The van der Waals surface area contributed by atoms with Crippen molar-refractivity contribution in [3.05, 3.63) is 102 Å². The van der Waals surface area contributed by atoms with Gasteiger partial charge in [0.1, 0.15) is 0 Å². The Hall–Kier alpha value is -3.05. The van der Waals surface area contributed by atoms with Gasteiger partial charge in [0.2, 0.25) is 11.9 Å². The van der Waals surface area contributed by atoms with Gasteiger partial charge < -0.3 is 5.32 Å². The molecule has 4 nitrogen and oxygen atoms in total. The predicted octanol–water partition coefficient (Wildman–Crippen LogP) is 5.94. The second-order valence-electron chi connectivity index (χ2n) is 9.50. The quantitative estimate of drug-likeness (QED) is 0.277. The number of nitrogens with zero attached hydrogens (tertiary/aromatic N) is 2. The molecule has 35 heavy (non-hydrogen) atoms. The van der Waals surface area contributed by atoms with Crippen molar-refractivity contribution in [3.8, 4) is 0 Å². The van der Waals surface area contributed by atoms with Gasteiger partial charge in [-0.3, -0.25) is 9.69 Å². The van der Waals surface area contributed by atoms with Crippen LogP contribution >= 0.6 is 0 Å². The van der Waals surface area contributed by atoms with E-state index in [1.807, 2.05) is 0 Å². The lowest BCUT2D eigenvalue weighted by Crippen LogP contribution is -2.37. The standard InChI is InChI=1S/C30H36FN3O/c31-30-27(15-9-21-33-30)16-17-28(35)32-20-8-7-10-24-18-22-34(23-19-24)29(25-11-3-1-4-12-25)26-13-5-2-6-14-26/h1-6,9,11-15,21,24,29H,7-8,10,16-20,22-23H2,(H,32,35). The second-order valence-corrected chi connectivity index (χ2v) is 9.50. The molecule has 0 aliphatic carbocycles. The van der Waals surface area contributed by atoms with E-state index in [9.17, 15) is 9.18 Å². The van der Waals surface area contributed by atoms with Crippen LogP contribution in [0.1, 0.15) is 61.3 Å².